The Labute approximate surface area is 159 Å². The molecule has 7 heteroatoms. The van der Waals surface area contributed by atoms with E-state index in [0.29, 0.717) is 0 Å². The van der Waals surface area contributed by atoms with Crippen LogP contribution in [0, 0.1) is 13.8 Å². The number of thioether (sulfide) groups is 1. The maximum absolute atomic E-state index is 12.3. The minimum Gasteiger partial charge on any atom is -0.324 e. The molecule has 5 nitrogen and oxygen atoms in total. The Morgan fingerprint density at radius 1 is 1.32 bits per heavy atom. The van der Waals surface area contributed by atoms with Crippen molar-refractivity contribution < 1.29 is 4.79 Å². The topological polar surface area (TPSA) is 59.8 Å². The number of amides is 1. The number of allylic oxidation sites excluding steroid dienone is 4. The van der Waals surface area contributed by atoms with Crippen LogP contribution in [0.5, 0.6) is 0 Å². The number of halogens is 1. The van der Waals surface area contributed by atoms with E-state index in [9.17, 15) is 4.79 Å². The molecular weight excluding hydrogens is 400 g/mol. The summed E-state index contributed by atoms with van der Waals surface area (Å²) in [7, 11) is 0. The van der Waals surface area contributed by atoms with Crippen LogP contribution in [-0.2, 0) is 4.79 Å². The van der Waals surface area contributed by atoms with Crippen LogP contribution in [0.4, 0.5) is 5.69 Å². The molecule has 2 aromatic rings. The van der Waals surface area contributed by atoms with E-state index in [0.717, 1.165) is 45.2 Å². The molecule has 0 radical (unpaired) electrons. The fraction of sp³-hybridized carbons (Fsp3) is 0.278. The van der Waals surface area contributed by atoms with Gasteiger partial charge >= 0.3 is 0 Å². The third-order valence-corrected chi connectivity index (χ3v) is 5.34. The zero-order chi connectivity index (χ0) is 17.8. The first-order valence-corrected chi connectivity index (χ1v) is 9.80. The zero-order valence-corrected chi connectivity index (χ0v) is 16.5. The van der Waals surface area contributed by atoms with E-state index in [4.69, 9.17) is 0 Å². The van der Waals surface area contributed by atoms with Gasteiger partial charge in [-0.1, -0.05) is 30.0 Å². The molecule has 0 aliphatic heterocycles. The van der Waals surface area contributed by atoms with Gasteiger partial charge in [-0.15, -0.1) is 10.2 Å². The van der Waals surface area contributed by atoms with Gasteiger partial charge < -0.3 is 5.32 Å². The van der Waals surface area contributed by atoms with E-state index in [-0.39, 0.29) is 11.7 Å². The minimum absolute atomic E-state index is 0.0741. The molecule has 1 amide bonds. The van der Waals surface area contributed by atoms with Crippen LogP contribution in [0.2, 0.25) is 0 Å². The summed E-state index contributed by atoms with van der Waals surface area (Å²) in [6, 6.07) is 5.84. The average Bonchev–Trinajstić information content (AvgIpc) is 2.97. The Morgan fingerprint density at radius 3 is 2.88 bits per heavy atom. The molecule has 0 spiro atoms. The Bertz CT molecular complexity index is 857. The SMILES string of the molecule is Cc1ccc(NC(=O)CSc2nnc(C)n2C2=CCCC=C2)c(Br)c1. The van der Waals surface area contributed by atoms with Gasteiger partial charge in [-0.3, -0.25) is 9.36 Å². The minimum atomic E-state index is -0.0741. The summed E-state index contributed by atoms with van der Waals surface area (Å²) in [4.78, 5) is 12.3. The Hall–Kier alpha value is -1.86. The van der Waals surface area contributed by atoms with Crippen LogP contribution in [0.3, 0.4) is 0 Å². The van der Waals surface area contributed by atoms with Crippen molar-refractivity contribution in [2.45, 2.75) is 31.8 Å². The summed E-state index contributed by atoms with van der Waals surface area (Å²) < 4.78 is 2.87. The Morgan fingerprint density at radius 2 is 2.16 bits per heavy atom. The molecule has 0 bridgehead atoms. The highest BCUT2D eigenvalue weighted by atomic mass is 79.9. The van der Waals surface area contributed by atoms with Crippen LogP contribution in [0.25, 0.3) is 5.70 Å². The molecular formula is C18H19BrN4OS. The van der Waals surface area contributed by atoms with Crippen molar-refractivity contribution in [1.82, 2.24) is 14.8 Å². The molecule has 0 saturated carbocycles. The number of benzene rings is 1. The predicted octanol–water partition coefficient (Wildman–Crippen LogP) is 4.58. The zero-order valence-electron chi connectivity index (χ0n) is 14.1. The normalized spacial score (nSPS) is 13.6. The fourth-order valence-corrected chi connectivity index (χ4v) is 3.93. The standard InChI is InChI=1S/C18H19BrN4OS/c1-12-8-9-16(15(19)10-12)20-17(24)11-25-18-22-21-13(2)23(18)14-6-4-3-5-7-14/h4,6-10H,3,5,11H2,1-2H3,(H,20,24). The quantitative estimate of drug-likeness (QED) is 0.721. The lowest BCUT2D eigenvalue weighted by Crippen LogP contribution is -2.15. The first-order valence-electron chi connectivity index (χ1n) is 8.02. The molecule has 1 aliphatic rings. The van der Waals surface area contributed by atoms with Crippen molar-refractivity contribution in [3.63, 3.8) is 0 Å². The highest BCUT2D eigenvalue weighted by molar-refractivity contribution is 9.10. The molecule has 1 aliphatic carbocycles. The first kappa shape index (κ1) is 17.9. The number of carbonyl (C=O) groups excluding carboxylic acids is 1. The lowest BCUT2D eigenvalue weighted by molar-refractivity contribution is -0.113. The van der Waals surface area contributed by atoms with Gasteiger partial charge in [0.2, 0.25) is 5.91 Å². The van der Waals surface area contributed by atoms with Crippen LogP contribution in [0.1, 0.15) is 24.2 Å². The molecule has 130 valence electrons. The average molecular weight is 419 g/mol. The van der Waals surface area contributed by atoms with E-state index >= 15 is 0 Å². The fourth-order valence-electron chi connectivity index (χ4n) is 2.54. The third-order valence-electron chi connectivity index (χ3n) is 3.76. The molecule has 25 heavy (non-hydrogen) atoms. The molecule has 1 heterocycles. The summed E-state index contributed by atoms with van der Waals surface area (Å²) in [5.74, 6) is 1.02. The van der Waals surface area contributed by atoms with E-state index in [2.05, 4.69) is 49.7 Å². The van der Waals surface area contributed by atoms with Gasteiger partial charge in [0.15, 0.2) is 5.16 Å². The lowest BCUT2D eigenvalue weighted by atomic mass is 10.1. The van der Waals surface area contributed by atoms with Gasteiger partial charge in [0, 0.05) is 10.2 Å². The second kappa shape index (κ2) is 8.01. The largest absolute Gasteiger partial charge is 0.324 e. The highest BCUT2D eigenvalue weighted by Gasteiger charge is 2.15. The monoisotopic (exact) mass is 418 g/mol. The van der Waals surface area contributed by atoms with Crippen LogP contribution in [0.15, 0.2) is 46.1 Å². The van der Waals surface area contributed by atoms with E-state index < -0.39 is 0 Å². The van der Waals surface area contributed by atoms with Crippen molar-refractivity contribution in [3.05, 3.63) is 52.3 Å². The number of aryl methyl sites for hydroxylation is 2. The lowest BCUT2D eigenvalue weighted by Gasteiger charge is -2.12. The van der Waals surface area contributed by atoms with Crippen LogP contribution >= 0.6 is 27.7 Å². The van der Waals surface area contributed by atoms with Crippen LogP contribution < -0.4 is 5.32 Å². The van der Waals surface area contributed by atoms with Crippen molar-refractivity contribution in [2.24, 2.45) is 0 Å². The molecule has 1 aromatic carbocycles. The maximum atomic E-state index is 12.3. The number of carbonyl (C=O) groups is 1. The second-order valence-corrected chi connectivity index (χ2v) is 7.59. The van der Waals surface area contributed by atoms with Crippen molar-refractivity contribution in [3.8, 4) is 0 Å². The molecule has 1 aromatic heterocycles. The van der Waals surface area contributed by atoms with E-state index in [1.807, 2.05) is 36.6 Å². The molecule has 0 atom stereocenters. The number of anilines is 1. The van der Waals surface area contributed by atoms with E-state index in [1.165, 1.54) is 11.8 Å². The molecule has 1 N–H and O–H groups in total. The number of nitrogens with one attached hydrogen (secondary N) is 1. The summed E-state index contributed by atoms with van der Waals surface area (Å²) in [5, 5.41) is 12.0. The molecule has 0 fully saturated rings. The maximum Gasteiger partial charge on any atom is 0.234 e. The molecule has 0 saturated heterocycles. The van der Waals surface area contributed by atoms with Crippen LogP contribution in [-0.4, -0.2) is 26.4 Å². The summed E-state index contributed by atoms with van der Waals surface area (Å²) in [6.07, 6.45) is 8.46. The number of hydrogen-bond donors (Lipinski definition) is 1. The Balaban J connectivity index is 1.67. The number of hydrogen-bond acceptors (Lipinski definition) is 4. The predicted molar refractivity (Wildman–Crippen MR) is 106 cm³/mol. The second-order valence-electron chi connectivity index (χ2n) is 5.79. The third kappa shape index (κ3) is 4.41. The van der Waals surface area contributed by atoms with Crippen molar-refractivity contribution >= 4 is 45.0 Å². The first-order chi connectivity index (χ1) is 12.0. The summed E-state index contributed by atoms with van der Waals surface area (Å²) >= 11 is 4.86. The number of nitrogens with zero attached hydrogens (tertiary/aromatic N) is 3. The van der Waals surface area contributed by atoms with Crippen molar-refractivity contribution in [2.75, 3.05) is 11.1 Å². The van der Waals surface area contributed by atoms with Crippen molar-refractivity contribution in [1.29, 1.82) is 0 Å². The van der Waals surface area contributed by atoms with Gasteiger partial charge in [0.05, 0.1) is 11.4 Å². The smallest absolute Gasteiger partial charge is 0.234 e. The van der Waals surface area contributed by atoms with Gasteiger partial charge in [-0.25, -0.2) is 0 Å². The number of rotatable bonds is 5. The van der Waals surface area contributed by atoms with Gasteiger partial charge in [0.1, 0.15) is 5.82 Å². The highest BCUT2D eigenvalue weighted by Crippen LogP contribution is 2.26. The van der Waals surface area contributed by atoms with E-state index in [1.54, 1.807) is 0 Å². The number of aromatic nitrogens is 3. The molecule has 3 rings (SSSR count). The summed E-state index contributed by atoms with van der Waals surface area (Å²) in [5.41, 5.74) is 2.97. The van der Waals surface area contributed by atoms with Gasteiger partial charge in [-0.05, 0) is 66.4 Å². The Kier molecular flexibility index (Phi) is 5.75. The van der Waals surface area contributed by atoms with Gasteiger partial charge in [-0.2, -0.15) is 0 Å². The van der Waals surface area contributed by atoms with Gasteiger partial charge in [0.25, 0.3) is 0 Å². The summed E-state index contributed by atoms with van der Waals surface area (Å²) in [6.45, 7) is 3.93. The molecule has 0 unspecified atom stereocenters.